The molecule has 0 aliphatic heterocycles. The van der Waals surface area contributed by atoms with Gasteiger partial charge in [0.2, 0.25) is 0 Å². The highest BCUT2D eigenvalue weighted by molar-refractivity contribution is 5.89. The van der Waals surface area contributed by atoms with E-state index in [2.05, 4.69) is 10.6 Å². The molecule has 0 radical (unpaired) electrons. The number of amides is 2. The molecular formula is C15H21N3O3. The summed E-state index contributed by atoms with van der Waals surface area (Å²) in [6, 6.07) is 2.95. The second kappa shape index (κ2) is 5.52. The molecule has 0 saturated heterocycles. The van der Waals surface area contributed by atoms with Gasteiger partial charge in [0.25, 0.3) is 5.56 Å². The van der Waals surface area contributed by atoms with E-state index in [1.54, 1.807) is 25.4 Å². The van der Waals surface area contributed by atoms with Crippen LogP contribution in [0.2, 0.25) is 0 Å². The largest absolute Gasteiger partial charge is 0.396 e. The first-order valence-electron chi connectivity index (χ1n) is 7.44. The van der Waals surface area contributed by atoms with Crippen LogP contribution in [-0.2, 0) is 7.05 Å². The molecule has 4 unspecified atom stereocenters. The van der Waals surface area contributed by atoms with E-state index < -0.39 is 0 Å². The van der Waals surface area contributed by atoms with Gasteiger partial charge in [-0.15, -0.1) is 0 Å². The molecule has 2 amide bonds. The van der Waals surface area contributed by atoms with Crippen LogP contribution in [0.5, 0.6) is 0 Å². The number of pyridine rings is 1. The normalized spacial score (nSPS) is 30.4. The van der Waals surface area contributed by atoms with E-state index in [1.807, 2.05) is 0 Å². The smallest absolute Gasteiger partial charge is 0.319 e. The van der Waals surface area contributed by atoms with E-state index in [4.69, 9.17) is 0 Å². The van der Waals surface area contributed by atoms with Crippen LogP contribution < -0.4 is 16.2 Å². The second-order valence-corrected chi connectivity index (χ2v) is 6.14. The van der Waals surface area contributed by atoms with Crippen molar-refractivity contribution in [2.45, 2.75) is 25.3 Å². The number of carbonyl (C=O) groups is 1. The summed E-state index contributed by atoms with van der Waals surface area (Å²) >= 11 is 0. The molecule has 2 fully saturated rings. The Hall–Kier alpha value is -1.82. The van der Waals surface area contributed by atoms with Gasteiger partial charge in [-0.3, -0.25) is 4.79 Å². The maximum absolute atomic E-state index is 12.1. The van der Waals surface area contributed by atoms with Crippen LogP contribution in [0.15, 0.2) is 23.1 Å². The minimum Gasteiger partial charge on any atom is -0.396 e. The van der Waals surface area contributed by atoms with Crippen LogP contribution in [0.4, 0.5) is 10.5 Å². The highest BCUT2D eigenvalue weighted by Crippen LogP contribution is 2.48. The van der Waals surface area contributed by atoms with E-state index in [-0.39, 0.29) is 35.8 Å². The van der Waals surface area contributed by atoms with Crippen LogP contribution in [0.25, 0.3) is 0 Å². The topological polar surface area (TPSA) is 83.4 Å². The fourth-order valence-corrected chi connectivity index (χ4v) is 3.90. The number of rotatable bonds is 3. The van der Waals surface area contributed by atoms with Gasteiger partial charge in [-0.1, -0.05) is 0 Å². The first kappa shape index (κ1) is 14.1. The first-order valence-corrected chi connectivity index (χ1v) is 7.44. The Kier molecular flexibility index (Phi) is 3.71. The van der Waals surface area contributed by atoms with Crippen molar-refractivity contribution in [2.75, 3.05) is 11.9 Å². The van der Waals surface area contributed by atoms with Gasteiger partial charge in [-0.25, -0.2) is 4.79 Å². The van der Waals surface area contributed by atoms with E-state index in [0.29, 0.717) is 11.8 Å². The standard InChI is InChI=1S/C15H21N3O3/c1-18-6-2-3-12(14(18)20)16-15(21)17-13-10-5-4-9(7-10)11(13)8-19/h2-3,6,9-11,13,19H,4-5,7-8H2,1H3,(H2,16,17,21). The van der Waals surface area contributed by atoms with Crippen molar-refractivity contribution in [3.8, 4) is 0 Å². The van der Waals surface area contributed by atoms with Crippen molar-refractivity contribution in [1.82, 2.24) is 9.88 Å². The Bertz CT molecular complexity index is 598. The lowest BCUT2D eigenvalue weighted by Gasteiger charge is -2.30. The van der Waals surface area contributed by atoms with Gasteiger partial charge in [-0.05, 0) is 43.2 Å². The molecule has 1 aromatic rings. The zero-order valence-corrected chi connectivity index (χ0v) is 12.1. The van der Waals surface area contributed by atoms with E-state index in [1.165, 1.54) is 4.57 Å². The van der Waals surface area contributed by atoms with Crippen molar-refractivity contribution < 1.29 is 9.90 Å². The summed E-state index contributed by atoms with van der Waals surface area (Å²) in [5.74, 6) is 1.12. The minimum atomic E-state index is -0.366. The molecule has 6 heteroatoms. The summed E-state index contributed by atoms with van der Waals surface area (Å²) in [6.45, 7) is 0.110. The van der Waals surface area contributed by atoms with Gasteiger partial charge in [0.15, 0.2) is 0 Å². The van der Waals surface area contributed by atoms with Gasteiger partial charge in [0.1, 0.15) is 5.69 Å². The predicted molar refractivity (Wildman–Crippen MR) is 79.0 cm³/mol. The number of urea groups is 1. The monoisotopic (exact) mass is 291 g/mol. The number of aromatic nitrogens is 1. The fourth-order valence-electron chi connectivity index (χ4n) is 3.90. The number of anilines is 1. The number of nitrogens with one attached hydrogen (secondary N) is 2. The molecule has 2 aliphatic rings. The summed E-state index contributed by atoms with van der Waals surface area (Å²) < 4.78 is 1.42. The van der Waals surface area contributed by atoms with Gasteiger partial charge in [-0.2, -0.15) is 0 Å². The Morgan fingerprint density at radius 1 is 1.43 bits per heavy atom. The number of aryl methyl sites for hydroxylation is 1. The second-order valence-electron chi connectivity index (χ2n) is 6.14. The van der Waals surface area contributed by atoms with Gasteiger partial charge in [0.05, 0.1) is 0 Å². The number of carbonyl (C=O) groups excluding carboxylic acids is 1. The van der Waals surface area contributed by atoms with Crippen molar-refractivity contribution >= 4 is 11.7 Å². The minimum absolute atomic E-state index is 0.0151. The molecule has 0 aromatic carbocycles. The third kappa shape index (κ3) is 2.55. The summed E-state index contributed by atoms with van der Waals surface area (Å²) in [6.07, 6.45) is 4.99. The van der Waals surface area contributed by atoms with E-state index in [0.717, 1.165) is 19.3 Å². The van der Waals surface area contributed by atoms with Crippen molar-refractivity contribution in [3.63, 3.8) is 0 Å². The molecule has 2 aliphatic carbocycles. The quantitative estimate of drug-likeness (QED) is 0.774. The molecule has 1 aromatic heterocycles. The summed E-state index contributed by atoms with van der Waals surface area (Å²) in [5, 5.41) is 15.1. The molecule has 3 rings (SSSR count). The number of hydrogen-bond acceptors (Lipinski definition) is 3. The number of fused-ring (bicyclic) bond motifs is 2. The summed E-state index contributed by atoms with van der Waals surface area (Å²) in [7, 11) is 1.64. The molecule has 4 atom stereocenters. The zero-order chi connectivity index (χ0) is 15.0. The van der Waals surface area contributed by atoms with Crippen LogP contribution in [0.1, 0.15) is 19.3 Å². The predicted octanol–water partition coefficient (Wildman–Crippen LogP) is 0.914. The van der Waals surface area contributed by atoms with Gasteiger partial charge >= 0.3 is 6.03 Å². The number of aliphatic hydroxyl groups excluding tert-OH is 1. The van der Waals surface area contributed by atoms with Crippen LogP contribution in [0, 0.1) is 17.8 Å². The maximum atomic E-state index is 12.1. The molecule has 2 bridgehead atoms. The van der Waals surface area contributed by atoms with Gasteiger partial charge < -0.3 is 20.3 Å². The molecular weight excluding hydrogens is 270 g/mol. The molecule has 21 heavy (non-hydrogen) atoms. The summed E-state index contributed by atoms with van der Waals surface area (Å²) in [4.78, 5) is 24.0. The van der Waals surface area contributed by atoms with Crippen LogP contribution in [-0.4, -0.2) is 28.4 Å². The fraction of sp³-hybridized carbons (Fsp3) is 0.600. The highest BCUT2D eigenvalue weighted by Gasteiger charge is 2.47. The molecule has 2 saturated carbocycles. The molecule has 3 N–H and O–H groups in total. The summed E-state index contributed by atoms with van der Waals surface area (Å²) in [5.41, 5.74) is 0.0282. The Balaban J connectivity index is 1.67. The van der Waals surface area contributed by atoms with Crippen molar-refractivity contribution in [2.24, 2.45) is 24.8 Å². The van der Waals surface area contributed by atoms with E-state index in [9.17, 15) is 14.7 Å². The Labute approximate surface area is 123 Å². The molecule has 1 heterocycles. The third-order valence-electron chi connectivity index (χ3n) is 4.97. The lowest BCUT2D eigenvalue weighted by Crippen LogP contribution is -2.47. The molecule has 0 spiro atoms. The Morgan fingerprint density at radius 2 is 2.19 bits per heavy atom. The number of aliphatic hydroxyl groups is 1. The molecule has 114 valence electrons. The zero-order valence-electron chi connectivity index (χ0n) is 12.1. The van der Waals surface area contributed by atoms with Crippen LogP contribution in [0.3, 0.4) is 0 Å². The van der Waals surface area contributed by atoms with Crippen molar-refractivity contribution in [1.29, 1.82) is 0 Å². The first-order chi connectivity index (χ1) is 10.1. The Morgan fingerprint density at radius 3 is 2.95 bits per heavy atom. The lowest BCUT2D eigenvalue weighted by molar-refractivity contribution is 0.146. The SMILES string of the molecule is Cn1cccc(NC(=O)NC2C3CCC(C3)C2CO)c1=O. The third-order valence-corrected chi connectivity index (χ3v) is 4.97. The number of nitrogens with zero attached hydrogens (tertiary/aromatic N) is 1. The van der Waals surface area contributed by atoms with Gasteiger partial charge in [0, 0.05) is 31.8 Å². The average Bonchev–Trinajstić information content (AvgIpc) is 3.05. The lowest BCUT2D eigenvalue weighted by atomic mass is 9.85. The average molecular weight is 291 g/mol. The molecule has 6 nitrogen and oxygen atoms in total. The van der Waals surface area contributed by atoms with Crippen LogP contribution >= 0.6 is 0 Å². The number of hydrogen-bond donors (Lipinski definition) is 3. The highest BCUT2D eigenvalue weighted by atomic mass is 16.3. The maximum Gasteiger partial charge on any atom is 0.319 e. The van der Waals surface area contributed by atoms with E-state index >= 15 is 0 Å². The van der Waals surface area contributed by atoms with Crippen molar-refractivity contribution in [3.05, 3.63) is 28.7 Å².